The highest BCUT2D eigenvalue weighted by atomic mass is 16.3. The molecule has 22 heavy (non-hydrogen) atoms. The van der Waals surface area contributed by atoms with Crippen molar-refractivity contribution in [3.63, 3.8) is 0 Å². The normalized spacial score (nSPS) is 10.5. The van der Waals surface area contributed by atoms with Gasteiger partial charge in [-0.15, -0.1) is 5.10 Å². The summed E-state index contributed by atoms with van der Waals surface area (Å²) in [5, 5.41) is 20.0. The first-order chi connectivity index (χ1) is 10.6. The molecule has 7 heteroatoms. The van der Waals surface area contributed by atoms with E-state index < -0.39 is 5.91 Å². The van der Waals surface area contributed by atoms with Crippen molar-refractivity contribution in [3.05, 3.63) is 58.9 Å². The molecule has 0 aliphatic heterocycles. The molecule has 0 radical (unpaired) electrons. The van der Waals surface area contributed by atoms with Gasteiger partial charge in [0.25, 0.3) is 5.56 Å². The average molecular weight is 296 g/mol. The predicted octanol–water partition coefficient (Wildman–Crippen LogP) is 1.14. The highest BCUT2D eigenvalue weighted by molar-refractivity contribution is 5.90. The van der Waals surface area contributed by atoms with Crippen molar-refractivity contribution in [1.29, 1.82) is 0 Å². The van der Waals surface area contributed by atoms with Crippen LogP contribution in [0.5, 0.6) is 5.75 Å². The van der Waals surface area contributed by atoms with Crippen LogP contribution >= 0.6 is 0 Å². The molecule has 1 heterocycles. The van der Waals surface area contributed by atoms with E-state index >= 15 is 0 Å². The zero-order valence-electron chi connectivity index (χ0n) is 11.4. The van der Waals surface area contributed by atoms with Gasteiger partial charge in [0.15, 0.2) is 0 Å². The summed E-state index contributed by atoms with van der Waals surface area (Å²) in [6.07, 6.45) is 0. The zero-order valence-corrected chi connectivity index (χ0v) is 11.4. The number of anilines is 1. The molecule has 110 valence electrons. The molecule has 0 bridgehead atoms. The van der Waals surface area contributed by atoms with Crippen molar-refractivity contribution in [2.45, 2.75) is 6.54 Å². The molecule has 0 saturated heterocycles. The molecule has 0 atom stereocenters. The summed E-state index contributed by atoms with van der Waals surface area (Å²) < 4.78 is 1.00. The summed E-state index contributed by atoms with van der Waals surface area (Å²) in [5.41, 5.74) is 0.542. The molecule has 0 aliphatic rings. The molecule has 0 saturated carbocycles. The number of phenols is 1. The summed E-state index contributed by atoms with van der Waals surface area (Å²) in [7, 11) is 0. The lowest BCUT2D eigenvalue weighted by Gasteiger charge is -2.07. The van der Waals surface area contributed by atoms with Crippen LogP contribution in [0.2, 0.25) is 0 Å². The first-order valence-corrected chi connectivity index (χ1v) is 6.55. The van der Waals surface area contributed by atoms with Crippen LogP contribution < -0.4 is 10.9 Å². The third-order valence-corrected chi connectivity index (χ3v) is 3.05. The predicted molar refractivity (Wildman–Crippen MR) is 80.5 cm³/mol. The maximum atomic E-state index is 12.2. The smallest absolute Gasteiger partial charge is 0.278 e. The number of aromatic nitrogens is 3. The second-order valence-electron chi connectivity index (χ2n) is 4.67. The highest BCUT2D eigenvalue weighted by Gasteiger charge is 2.09. The summed E-state index contributed by atoms with van der Waals surface area (Å²) >= 11 is 0. The van der Waals surface area contributed by atoms with Gasteiger partial charge < -0.3 is 10.4 Å². The summed E-state index contributed by atoms with van der Waals surface area (Å²) in [5.74, 6) is -0.391. The first-order valence-electron chi connectivity index (χ1n) is 6.55. The zero-order chi connectivity index (χ0) is 15.5. The maximum absolute atomic E-state index is 12.2. The van der Waals surface area contributed by atoms with Crippen molar-refractivity contribution in [1.82, 2.24) is 15.0 Å². The molecule has 3 aromatic rings. The van der Waals surface area contributed by atoms with E-state index in [4.69, 9.17) is 0 Å². The number of phenolic OH excluding ortho intramolecular Hbond substituents is 1. The van der Waals surface area contributed by atoms with Gasteiger partial charge >= 0.3 is 0 Å². The van der Waals surface area contributed by atoms with E-state index in [0.717, 1.165) is 4.68 Å². The molecule has 2 aromatic carbocycles. The SMILES string of the molecule is O=C(Cn1nnc2ccccc2c1=O)Nc1cccc(O)c1. The highest BCUT2D eigenvalue weighted by Crippen LogP contribution is 2.15. The van der Waals surface area contributed by atoms with Gasteiger partial charge in [-0.3, -0.25) is 9.59 Å². The Labute approximate surface area is 124 Å². The molecular formula is C15H12N4O3. The van der Waals surface area contributed by atoms with E-state index in [9.17, 15) is 14.7 Å². The van der Waals surface area contributed by atoms with Gasteiger partial charge in [0.1, 0.15) is 17.8 Å². The monoisotopic (exact) mass is 296 g/mol. The van der Waals surface area contributed by atoms with Crippen LogP contribution in [0.3, 0.4) is 0 Å². The number of hydrogen-bond acceptors (Lipinski definition) is 5. The number of rotatable bonds is 3. The quantitative estimate of drug-likeness (QED) is 0.755. The van der Waals surface area contributed by atoms with Crippen LogP contribution in [0.25, 0.3) is 10.9 Å². The van der Waals surface area contributed by atoms with E-state index in [1.54, 1.807) is 36.4 Å². The lowest BCUT2D eigenvalue weighted by atomic mass is 10.2. The fraction of sp³-hybridized carbons (Fsp3) is 0.0667. The number of carbonyl (C=O) groups is 1. The van der Waals surface area contributed by atoms with Crippen molar-refractivity contribution < 1.29 is 9.90 Å². The molecule has 0 spiro atoms. The summed E-state index contributed by atoms with van der Waals surface area (Å²) in [6.45, 7) is -0.258. The molecular weight excluding hydrogens is 284 g/mol. The Kier molecular flexibility index (Phi) is 3.53. The Bertz CT molecular complexity index is 904. The number of hydrogen-bond donors (Lipinski definition) is 2. The largest absolute Gasteiger partial charge is 0.508 e. The average Bonchev–Trinajstić information content (AvgIpc) is 2.50. The topological polar surface area (TPSA) is 97.1 Å². The Morgan fingerprint density at radius 1 is 1.18 bits per heavy atom. The number of carbonyl (C=O) groups excluding carboxylic acids is 1. The molecule has 7 nitrogen and oxygen atoms in total. The summed E-state index contributed by atoms with van der Waals surface area (Å²) in [4.78, 5) is 24.2. The Balaban J connectivity index is 1.82. The molecule has 0 fully saturated rings. The number of amides is 1. The van der Waals surface area contributed by atoms with Crippen molar-refractivity contribution in [2.24, 2.45) is 0 Å². The van der Waals surface area contributed by atoms with Crippen LogP contribution in [0.15, 0.2) is 53.3 Å². The number of benzene rings is 2. The second kappa shape index (κ2) is 5.65. The van der Waals surface area contributed by atoms with E-state index in [0.29, 0.717) is 16.6 Å². The number of nitrogens with one attached hydrogen (secondary N) is 1. The minimum Gasteiger partial charge on any atom is -0.508 e. The van der Waals surface area contributed by atoms with Crippen LogP contribution in [-0.2, 0) is 11.3 Å². The number of nitrogens with zero attached hydrogens (tertiary/aromatic N) is 3. The van der Waals surface area contributed by atoms with E-state index in [1.807, 2.05) is 0 Å². The second-order valence-corrected chi connectivity index (χ2v) is 4.67. The number of fused-ring (bicyclic) bond motifs is 1. The van der Waals surface area contributed by atoms with E-state index in [-0.39, 0.29) is 17.9 Å². The maximum Gasteiger partial charge on any atom is 0.278 e. The van der Waals surface area contributed by atoms with Crippen molar-refractivity contribution in [2.75, 3.05) is 5.32 Å². The van der Waals surface area contributed by atoms with Gasteiger partial charge in [0.05, 0.1) is 5.39 Å². The lowest BCUT2D eigenvalue weighted by molar-refractivity contribution is -0.117. The Morgan fingerprint density at radius 2 is 2.00 bits per heavy atom. The van der Waals surface area contributed by atoms with Gasteiger partial charge in [-0.2, -0.15) is 0 Å². The van der Waals surface area contributed by atoms with Gasteiger partial charge in [0.2, 0.25) is 5.91 Å². The molecule has 3 rings (SSSR count). The first kappa shape index (κ1) is 13.7. The third kappa shape index (κ3) is 2.78. The molecule has 2 N–H and O–H groups in total. The fourth-order valence-corrected chi connectivity index (χ4v) is 2.05. The van der Waals surface area contributed by atoms with Crippen molar-refractivity contribution >= 4 is 22.5 Å². The van der Waals surface area contributed by atoms with Gasteiger partial charge in [0, 0.05) is 11.8 Å². The van der Waals surface area contributed by atoms with Crippen LogP contribution in [0.1, 0.15) is 0 Å². The molecule has 1 amide bonds. The standard InChI is InChI=1S/C15H12N4O3/c20-11-5-3-4-10(8-11)16-14(21)9-19-15(22)12-6-1-2-7-13(12)17-18-19/h1-8,20H,9H2,(H,16,21). The molecule has 0 unspecified atom stereocenters. The minimum absolute atomic E-state index is 0.0421. The third-order valence-electron chi connectivity index (χ3n) is 3.05. The molecule has 1 aromatic heterocycles. The minimum atomic E-state index is -0.433. The van der Waals surface area contributed by atoms with E-state index in [1.165, 1.54) is 12.1 Å². The Hall–Kier alpha value is -3.22. The number of aromatic hydroxyl groups is 1. The Morgan fingerprint density at radius 3 is 2.82 bits per heavy atom. The van der Waals surface area contributed by atoms with Gasteiger partial charge in [-0.25, -0.2) is 4.68 Å². The van der Waals surface area contributed by atoms with Gasteiger partial charge in [-0.1, -0.05) is 23.4 Å². The van der Waals surface area contributed by atoms with Crippen LogP contribution in [0.4, 0.5) is 5.69 Å². The van der Waals surface area contributed by atoms with E-state index in [2.05, 4.69) is 15.6 Å². The van der Waals surface area contributed by atoms with Crippen molar-refractivity contribution in [3.8, 4) is 5.75 Å². The van der Waals surface area contributed by atoms with Gasteiger partial charge in [-0.05, 0) is 24.3 Å². The molecule has 0 aliphatic carbocycles. The lowest BCUT2D eigenvalue weighted by Crippen LogP contribution is -2.30. The van der Waals surface area contributed by atoms with Crippen LogP contribution in [0, 0.1) is 0 Å². The van der Waals surface area contributed by atoms with Crippen LogP contribution in [-0.4, -0.2) is 26.0 Å². The summed E-state index contributed by atoms with van der Waals surface area (Å²) in [6, 6.07) is 12.9. The fourth-order valence-electron chi connectivity index (χ4n) is 2.05.